The van der Waals surface area contributed by atoms with Crippen LogP contribution >= 0.6 is 0 Å². The second-order valence-electron chi connectivity index (χ2n) is 3.12. The predicted molar refractivity (Wildman–Crippen MR) is 74.3 cm³/mol. The van der Waals surface area contributed by atoms with Crippen LogP contribution in [0, 0.1) is 0 Å². The van der Waals surface area contributed by atoms with Crippen molar-refractivity contribution in [1.82, 2.24) is 0 Å². The van der Waals surface area contributed by atoms with Gasteiger partial charge in [-0.25, -0.2) is 0 Å². The van der Waals surface area contributed by atoms with Crippen LogP contribution in [-0.4, -0.2) is 72.0 Å². The summed E-state index contributed by atoms with van der Waals surface area (Å²) in [6, 6.07) is 0. The lowest BCUT2D eigenvalue weighted by molar-refractivity contribution is 3.84. The van der Waals surface area contributed by atoms with Gasteiger partial charge in [0, 0.05) is 56.5 Å². The summed E-state index contributed by atoms with van der Waals surface area (Å²) in [5.41, 5.74) is 0. The highest BCUT2D eigenvalue weighted by molar-refractivity contribution is 7.68. The molecule has 0 bridgehead atoms. The van der Waals surface area contributed by atoms with Gasteiger partial charge in [-0.05, 0) is 0 Å². The molecule has 0 nitrogen and oxygen atoms in total. The highest BCUT2D eigenvalue weighted by Crippen LogP contribution is 1.54. The maximum atomic E-state index is 2.27. The first-order valence-corrected chi connectivity index (χ1v) is 4.91. The summed E-state index contributed by atoms with van der Waals surface area (Å²) in [6.45, 7) is 0. The zero-order valence-electron chi connectivity index (χ0n) is 7.66. The number of hydrogen-bond acceptors (Lipinski definition) is 0. The van der Waals surface area contributed by atoms with Crippen LogP contribution in [0.1, 0.15) is 0 Å². The van der Waals surface area contributed by atoms with E-state index in [1.54, 1.807) is 0 Å². The molecule has 0 aliphatic heterocycles. The van der Waals surface area contributed by atoms with Crippen molar-refractivity contribution in [3.05, 3.63) is 0 Å². The van der Waals surface area contributed by atoms with Crippen molar-refractivity contribution in [2.45, 2.75) is 0 Å². The Morgan fingerprint density at radius 2 is 0.800 bits per heavy atom. The van der Waals surface area contributed by atoms with Crippen molar-refractivity contribution in [3.63, 3.8) is 0 Å². The summed E-state index contributed by atoms with van der Waals surface area (Å²) >= 11 is 0. The fourth-order valence-electron chi connectivity index (χ4n) is 1.21. The molecule has 0 saturated heterocycles. The van der Waals surface area contributed by atoms with Crippen LogP contribution in [0.5, 0.6) is 0 Å². The fraction of sp³-hybridized carbons (Fsp3) is 0. The average molecular weight is 120 g/mol. The second kappa shape index (κ2) is 9.65. The molecule has 0 aromatic heterocycles. The Morgan fingerprint density at radius 1 is 0.500 bits per heavy atom. The highest BCUT2D eigenvalue weighted by Gasteiger charge is 1.96. The third kappa shape index (κ3) is 8.65. The molecule has 10 heavy (non-hydrogen) atoms. The van der Waals surface area contributed by atoms with E-state index in [4.69, 9.17) is 0 Å². The van der Waals surface area contributed by atoms with E-state index in [9.17, 15) is 0 Å². The third-order valence-corrected chi connectivity index (χ3v) is 1.96. The first-order chi connectivity index (χ1) is 4.91. The first-order valence-electron chi connectivity index (χ1n) is 4.91. The van der Waals surface area contributed by atoms with E-state index in [2.05, 4.69) is 15.5 Å². The van der Waals surface area contributed by atoms with Gasteiger partial charge in [-0.3, -0.25) is 0 Å². The SMILES string of the molecule is BBBBBBBBBB. The van der Waals surface area contributed by atoms with Crippen LogP contribution in [0.2, 0.25) is 0 Å². The zero-order valence-corrected chi connectivity index (χ0v) is 7.66. The minimum absolute atomic E-state index is 1.37. The van der Waals surface area contributed by atoms with Gasteiger partial charge in [-0.2, -0.15) is 0 Å². The van der Waals surface area contributed by atoms with Crippen molar-refractivity contribution in [2.24, 2.45) is 0 Å². The molecular weight excluding hydrogens is 108 g/mol. The molecule has 0 aromatic rings. The molecule has 0 aromatic carbocycles. The van der Waals surface area contributed by atoms with Crippen LogP contribution in [0.3, 0.4) is 0 Å². The standard InChI is InChI=1S/B10H12/c1-3-5-7-9-10-8-6-4-2/h3-10H,1-2H2. The Kier molecular flexibility index (Phi) is 10.3. The quantitative estimate of drug-likeness (QED) is 0.231. The monoisotopic (exact) mass is 122 g/mol. The van der Waals surface area contributed by atoms with Crippen molar-refractivity contribution in [3.8, 4) is 0 Å². The molecule has 0 heterocycles. The largest absolute Gasteiger partial charge is 0.0597 e. The van der Waals surface area contributed by atoms with Gasteiger partial charge in [0.1, 0.15) is 0 Å². The maximum Gasteiger partial charge on any atom is 0.0597 e. The zero-order chi connectivity index (χ0) is 7.66. The minimum atomic E-state index is 1.37. The Labute approximate surface area is 72.4 Å². The summed E-state index contributed by atoms with van der Waals surface area (Å²) in [7, 11) is 16.0. The lowest BCUT2D eigenvalue weighted by atomic mass is 8.89. The molecule has 0 aliphatic carbocycles. The molecule has 10 heteroatoms. The van der Waals surface area contributed by atoms with Crippen molar-refractivity contribution >= 4 is 72.0 Å². The van der Waals surface area contributed by atoms with E-state index >= 15 is 0 Å². The Morgan fingerprint density at radius 3 is 1.10 bits per heavy atom. The Balaban J connectivity index is 2.65. The molecule has 0 amide bonds. The third-order valence-electron chi connectivity index (χ3n) is 1.96. The molecule has 0 fully saturated rings. The Hall–Kier alpha value is 0.649. The first kappa shape index (κ1) is 10.6. The van der Waals surface area contributed by atoms with Crippen molar-refractivity contribution in [2.75, 3.05) is 0 Å². The van der Waals surface area contributed by atoms with Crippen molar-refractivity contribution in [1.29, 1.82) is 0 Å². The molecule has 0 rings (SSSR count). The number of rotatable bonds is 7. The molecule has 0 atom stereocenters. The normalized spacial score (nSPS) is 6.80. The van der Waals surface area contributed by atoms with Crippen LogP contribution in [0.25, 0.3) is 0 Å². The molecule has 0 aliphatic rings. The minimum Gasteiger partial charge on any atom is 0.0379 e. The summed E-state index contributed by atoms with van der Waals surface area (Å²) in [5.74, 6) is 0. The van der Waals surface area contributed by atoms with Gasteiger partial charge >= 0.3 is 0 Å². The van der Waals surface area contributed by atoms with Gasteiger partial charge in [0.25, 0.3) is 0 Å². The van der Waals surface area contributed by atoms with Crippen LogP contribution in [0.15, 0.2) is 0 Å². The second-order valence-corrected chi connectivity index (χ2v) is 3.12. The number of hydrogen-bond donors (Lipinski definition) is 0. The van der Waals surface area contributed by atoms with Crippen LogP contribution in [-0.2, 0) is 0 Å². The molecule has 0 spiro atoms. The lowest BCUT2D eigenvalue weighted by Crippen LogP contribution is -2.30. The van der Waals surface area contributed by atoms with E-state index in [1.807, 2.05) is 0 Å². The van der Waals surface area contributed by atoms with Gasteiger partial charge < -0.3 is 0 Å². The van der Waals surface area contributed by atoms with E-state index < -0.39 is 0 Å². The molecule has 42 valence electrons. The topological polar surface area (TPSA) is 0 Å². The summed E-state index contributed by atoms with van der Waals surface area (Å²) in [5, 5.41) is 0. The molecule has 0 unspecified atom stereocenters. The highest BCUT2D eigenvalue weighted by atomic mass is 12.7. The van der Waals surface area contributed by atoms with Crippen LogP contribution in [0.4, 0.5) is 0 Å². The molecule has 0 N–H and O–H groups in total. The van der Waals surface area contributed by atoms with E-state index in [0.717, 1.165) is 0 Å². The lowest BCUT2D eigenvalue weighted by Gasteiger charge is -1.88. The van der Waals surface area contributed by atoms with E-state index in [0.29, 0.717) is 0 Å². The smallest absolute Gasteiger partial charge is 0.0379 e. The predicted octanol–water partition coefficient (Wildman–Crippen LogP) is -7.02. The van der Waals surface area contributed by atoms with Crippen LogP contribution < -0.4 is 0 Å². The summed E-state index contributed by atoms with van der Waals surface area (Å²) in [4.78, 5) is 0. The summed E-state index contributed by atoms with van der Waals surface area (Å²) < 4.78 is 0. The van der Waals surface area contributed by atoms with Gasteiger partial charge in [-0.1, -0.05) is 0 Å². The van der Waals surface area contributed by atoms with Gasteiger partial charge in [0.2, 0.25) is 0 Å². The van der Waals surface area contributed by atoms with Gasteiger partial charge in [-0.15, -0.1) is 0 Å². The molecule has 0 radical (unpaired) electrons. The van der Waals surface area contributed by atoms with Gasteiger partial charge in [0.05, 0.1) is 15.5 Å². The van der Waals surface area contributed by atoms with E-state index in [-0.39, 0.29) is 0 Å². The van der Waals surface area contributed by atoms with Gasteiger partial charge in [0.15, 0.2) is 0 Å². The van der Waals surface area contributed by atoms with Crippen molar-refractivity contribution < 1.29 is 0 Å². The fourth-order valence-corrected chi connectivity index (χ4v) is 1.21. The average Bonchev–Trinajstić information content (AvgIpc) is 1.97. The molecule has 0 saturated carbocycles. The maximum absolute atomic E-state index is 2.27. The summed E-state index contributed by atoms with van der Waals surface area (Å²) in [6.07, 6.45) is 0. The van der Waals surface area contributed by atoms with E-state index in [1.165, 1.54) is 56.5 Å². The Bertz CT molecular complexity index is 40.0. The molecular formula is H12B10.